The Labute approximate surface area is 155 Å². The molecule has 0 unspecified atom stereocenters. The van der Waals surface area contributed by atoms with E-state index in [1.54, 1.807) is 19.1 Å². The highest BCUT2D eigenvalue weighted by Gasteiger charge is 2.15. The first-order valence-corrected chi connectivity index (χ1v) is 9.56. The standard InChI is InChI=1S/C18H14N4O4S/c1-2-27(24,25)15-9-7-14(8-10-15)17-21-22-18(26-17)20-16(23)13-5-3-12(11-19)4-6-13/h3-10H,2H2,1H3,(H,20,22,23). The van der Waals surface area contributed by atoms with Crippen molar-refractivity contribution < 1.29 is 17.6 Å². The van der Waals surface area contributed by atoms with E-state index in [2.05, 4.69) is 15.5 Å². The number of carbonyl (C=O) groups excluding carboxylic acids is 1. The molecular formula is C18H14N4O4S. The lowest BCUT2D eigenvalue weighted by molar-refractivity contribution is 0.102. The molecule has 0 saturated heterocycles. The fourth-order valence-electron chi connectivity index (χ4n) is 2.23. The Bertz CT molecular complexity index is 1110. The Morgan fingerprint density at radius 2 is 1.78 bits per heavy atom. The lowest BCUT2D eigenvalue weighted by Gasteiger charge is -2.02. The van der Waals surface area contributed by atoms with Crippen molar-refractivity contribution in [3.05, 3.63) is 59.7 Å². The Hall–Kier alpha value is -3.51. The van der Waals surface area contributed by atoms with Gasteiger partial charge in [0.25, 0.3) is 5.91 Å². The van der Waals surface area contributed by atoms with Gasteiger partial charge in [0.05, 0.1) is 22.3 Å². The second kappa shape index (κ2) is 7.39. The molecule has 136 valence electrons. The van der Waals surface area contributed by atoms with Crippen LogP contribution in [0.3, 0.4) is 0 Å². The minimum Gasteiger partial charge on any atom is -0.403 e. The summed E-state index contributed by atoms with van der Waals surface area (Å²) in [5.41, 5.74) is 1.31. The summed E-state index contributed by atoms with van der Waals surface area (Å²) < 4.78 is 29.1. The number of nitriles is 1. The van der Waals surface area contributed by atoms with Crippen LogP contribution in [0.25, 0.3) is 11.5 Å². The molecular weight excluding hydrogens is 368 g/mol. The molecule has 0 atom stereocenters. The van der Waals surface area contributed by atoms with Gasteiger partial charge in [0, 0.05) is 11.1 Å². The van der Waals surface area contributed by atoms with Gasteiger partial charge in [-0.1, -0.05) is 12.0 Å². The molecule has 27 heavy (non-hydrogen) atoms. The van der Waals surface area contributed by atoms with Gasteiger partial charge >= 0.3 is 6.01 Å². The Kier molecular flexibility index (Phi) is 5.00. The Morgan fingerprint density at radius 3 is 2.37 bits per heavy atom. The predicted octanol–water partition coefficient (Wildman–Crippen LogP) is 2.65. The van der Waals surface area contributed by atoms with Gasteiger partial charge in [-0.15, -0.1) is 5.10 Å². The van der Waals surface area contributed by atoms with Crippen molar-refractivity contribution in [3.63, 3.8) is 0 Å². The van der Waals surface area contributed by atoms with E-state index >= 15 is 0 Å². The van der Waals surface area contributed by atoms with Crippen molar-refractivity contribution in [3.8, 4) is 17.5 Å². The van der Waals surface area contributed by atoms with Crippen molar-refractivity contribution in [2.75, 3.05) is 11.1 Å². The van der Waals surface area contributed by atoms with Crippen LogP contribution in [0.5, 0.6) is 0 Å². The first-order chi connectivity index (χ1) is 12.9. The molecule has 0 aliphatic heterocycles. The molecule has 0 saturated carbocycles. The van der Waals surface area contributed by atoms with Gasteiger partial charge in [-0.05, 0) is 48.5 Å². The first kappa shape index (κ1) is 18.3. The summed E-state index contributed by atoms with van der Waals surface area (Å²) >= 11 is 0. The summed E-state index contributed by atoms with van der Waals surface area (Å²) in [5, 5.41) is 18.9. The lowest BCUT2D eigenvalue weighted by atomic mass is 10.1. The zero-order valence-electron chi connectivity index (χ0n) is 14.2. The van der Waals surface area contributed by atoms with Gasteiger partial charge in [0.15, 0.2) is 9.84 Å². The maximum Gasteiger partial charge on any atom is 0.322 e. The average molecular weight is 382 g/mol. The molecule has 8 nitrogen and oxygen atoms in total. The molecule has 0 aliphatic carbocycles. The van der Waals surface area contributed by atoms with Crippen LogP contribution < -0.4 is 5.32 Å². The van der Waals surface area contributed by atoms with E-state index in [1.807, 2.05) is 6.07 Å². The van der Waals surface area contributed by atoms with E-state index in [1.165, 1.54) is 36.4 Å². The summed E-state index contributed by atoms with van der Waals surface area (Å²) in [4.78, 5) is 12.4. The number of anilines is 1. The zero-order chi connectivity index (χ0) is 19.4. The van der Waals surface area contributed by atoms with Crippen LogP contribution in [0, 0.1) is 11.3 Å². The van der Waals surface area contributed by atoms with E-state index in [9.17, 15) is 13.2 Å². The van der Waals surface area contributed by atoms with Crippen LogP contribution in [-0.2, 0) is 9.84 Å². The number of rotatable bonds is 5. The first-order valence-electron chi connectivity index (χ1n) is 7.91. The van der Waals surface area contributed by atoms with E-state index in [0.717, 1.165) is 0 Å². The van der Waals surface area contributed by atoms with Crippen molar-refractivity contribution in [2.45, 2.75) is 11.8 Å². The topological polar surface area (TPSA) is 126 Å². The third kappa shape index (κ3) is 4.02. The molecule has 3 aromatic rings. The molecule has 3 rings (SSSR count). The van der Waals surface area contributed by atoms with E-state index < -0.39 is 15.7 Å². The maximum atomic E-state index is 12.2. The largest absolute Gasteiger partial charge is 0.403 e. The van der Waals surface area contributed by atoms with Gasteiger partial charge in [0.2, 0.25) is 5.89 Å². The number of hydrogen-bond donors (Lipinski definition) is 1. The summed E-state index contributed by atoms with van der Waals surface area (Å²) in [7, 11) is -3.29. The van der Waals surface area contributed by atoms with Gasteiger partial charge in [-0.25, -0.2) is 8.42 Å². The van der Waals surface area contributed by atoms with E-state index in [4.69, 9.17) is 9.68 Å². The minimum absolute atomic E-state index is 0.0123. The smallest absolute Gasteiger partial charge is 0.322 e. The summed E-state index contributed by atoms with van der Waals surface area (Å²) in [6.45, 7) is 1.57. The number of amides is 1. The second-order valence-corrected chi connectivity index (χ2v) is 7.76. The third-order valence-electron chi connectivity index (χ3n) is 3.76. The number of benzene rings is 2. The number of hydrogen-bond acceptors (Lipinski definition) is 7. The molecule has 2 aromatic carbocycles. The molecule has 0 fully saturated rings. The molecule has 1 amide bonds. The van der Waals surface area contributed by atoms with Crippen LogP contribution >= 0.6 is 0 Å². The van der Waals surface area contributed by atoms with Crippen LogP contribution in [0.2, 0.25) is 0 Å². The zero-order valence-corrected chi connectivity index (χ0v) is 15.0. The number of nitrogens with one attached hydrogen (secondary N) is 1. The van der Waals surface area contributed by atoms with Crippen LogP contribution in [-0.4, -0.2) is 30.3 Å². The van der Waals surface area contributed by atoms with Crippen molar-refractivity contribution in [2.24, 2.45) is 0 Å². The fraction of sp³-hybridized carbons (Fsp3) is 0.111. The summed E-state index contributed by atoms with van der Waals surface area (Å²) in [6, 6.07) is 14.0. The van der Waals surface area contributed by atoms with Gasteiger partial charge in [-0.3, -0.25) is 10.1 Å². The Balaban J connectivity index is 1.74. The molecule has 9 heteroatoms. The van der Waals surface area contributed by atoms with E-state index in [0.29, 0.717) is 16.7 Å². The van der Waals surface area contributed by atoms with Crippen LogP contribution in [0.1, 0.15) is 22.8 Å². The Morgan fingerprint density at radius 1 is 1.11 bits per heavy atom. The number of carbonyl (C=O) groups is 1. The quantitative estimate of drug-likeness (QED) is 0.719. The molecule has 1 heterocycles. The molecule has 1 aromatic heterocycles. The minimum atomic E-state index is -3.29. The molecule has 0 bridgehead atoms. The number of nitrogens with zero attached hydrogens (tertiary/aromatic N) is 3. The second-order valence-electron chi connectivity index (χ2n) is 5.48. The molecule has 0 radical (unpaired) electrons. The van der Waals surface area contributed by atoms with Crippen molar-refractivity contribution in [1.29, 1.82) is 5.26 Å². The van der Waals surface area contributed by atoms with Gasteiger partial charge in [0.1, 0.15) is 0 Å². The third-order valence-corrected chi connectivity index (χ3v) is 5.51. The molecule has 0 aliphatic rings. The highest BCUT2D eigenvalue weighted by Crippen LogP contribution is 2.22. The van der Waals surface area contributed by atoms with Crippen molar-refractivity contribution >= 4 is 21.8 Å². The predicted molar refractivity (Wildman–Crippen MR) is 96.6 cm³/mol. The number of sulfone groups is 1. The SMILES string of the molecule is CCS(=O)(=O)c1ccc(-c2nnc(NC(=O)c3ccc(C#N)cc3)o2)cc1. The molecule has 0 spiro atoms. The maximum absolute atomic E-state index is 12.2. The normalized spacial score (nSPS) is 11.0. The summed E-state index contributed by atoms with van der Waals surface area (Å²) in [6.07, 6.45) is 0. The van der Waals surface area contributed by atoms with Crippen LogP contribution in [0.4, 0.5) is 6.01 Å². The van der Waals surface area contributed by atoms with Gasteiger partial charge < -0.3 is 4.42 Å². The average Bonchev–Trinajstić information content (AvgIpc) is 3.16. The highest BCUT2D eigenvalue weighted by atomic mass is 32.2. The molecule has 1 N–H and O–H groups in total. The summed E-state index contributed by atoms with van der Waals surface area (Å²) in [5.74, 6) is -0.303. The van der Waals surface area contributed by atoms with E-state index in [-0.39, 0.29) is 22.6 Å². The number of aromatic nitrogens is 2. The van der Waals surface area contributed by atoms with Crippen molar-refractivity contribution in [1.82, 2.24) is 10.2 Å². The van der Waals surface area contributed by atoms with Crippen LogP contribution in [0.15, 0.2) is 57.8 Å². The lowest BCUT2D eigenvalue weighted by Crippen LogP contribution is -2.11. The van der Waals surface area contributed by atoms with Gasteiger partial charge in [-0.2, -0.15) is 5.26 Å². The fourth-order valence-corrected chi connectivity index (χ4v) is 3.11. The highest BCUT2D eigenvalue weighted by molar-refractivity contribution is 7.91. The monoisotopic (exact) mass is 382 g/mol.